The van der Waals surface area contributed by atoms with Gasteiger partial charge in [0, 0.05) is 0 Å². The molecule has 66 valence electrons. The average molecular weight is 232 g/mol. The standard InChI is InChI=1S/C7H9O4P.2Na/c8-7(12(9,10)11)6-4-2-1-3-5-6;;/h1-5,7-8H,(H2,9,10,11);;/q;2*+1/p-2. The molecule has 1 rings (SSSR count). The summed E-state index contributed by atoms with van der Waals surface area (Å²) in [6, 6.07) is 7.53. The third-order valence-electron chi connectivity index (χ3n) is 1.40. The average Bonchev–Trinajstić information content (AvgIpc) is 2.03. The van der Waals surface area contributed by atoms with Gasteiger partial charge in [-0.2, -0.15) is 0 Å². The van der Waals surface area contributed by atoms with Crippen LogP contribution in [0.4, 0.5) is 0 Å². The van der Waals surface area contributed by atoms with Gasteiger partial charge in [0.15, 0.2) is 0 Å². The monoisotopic (exact) mass is 232 g/mol. The molecule has 7 heteroatoms. The van der Waals surface area contributed by atoms with E-state index in [-0.39, 0.29) is 64.7 Å². The van der Waals surface area contributed by atoms with E-state index >= 15 is 0 Å². The molecule has 1 aromatic carbocycles. The largest absolute Gasteiger partial charge is 1.00 e. The molecule has 0 heterocycles. The van der Waals surface area contributed by atoms with Crippen LogP contribution < -0.4 is 68.9 Å². The zero-order valence-corrected chi connectivity index (χ0v) is 13.0. The van der Waals surface area contributed by atoms with Gasteiger partial charge in [0.1, 0.15) is 5.85 Å². The molecule has 0 amide bonds. The smallest absolute Gasteiger partial charge is 0.809 e. The fourth-order valence-electron chi connectivity index (χ4n) is 0.808. The molecule has 0 aliphatic rings. The molecule has 14 heavy (non-hydrogen) atoms. The van der Waals surface area contributed by atoms with Gasteiger partial charge >= 0.3 is 59.1 Å². The summed E-state index contributed by atoms with van der Waals surface area (Å²) in [5.41, 5.74) is 0.103. The van der Waals surface area contributed by atoms with Gasteiger partial charge in [0.05, 0.1) is 0 Å². The van der Waals surface area contributed by atoms with Crippen molar-refractivity contribution in [1.82, 2.24) is 0 Å². The molecule has 0 saturated heterocycles. The molecule has 1 unspecified atom stereocenters. The first-order valence-corrected chi connectivity index (χ1v) is 4.88. The molecule has 0 aromatic heterocycles. The van der Waals surface area contributed by atoms with Crippen LogP contribution in [0.25, 0.3) is 0 Å². The minimum Gasteiger partial charge on any atom is -0.809 e. The number of aliphatic hydroxyl groups is 1. The Bertz CT molecular complexity index is 300. The third-order valence-corrected chi connectivity index (χ3v) is 2.29. The maximum absolute atomic E-state index is 10.4. The molecular weight excluding hydrogens is 225 g/mol. The normalized spacial score (nSPS) is 12.2. The first-order valence-electron chi connectivity index (χ1n) is 3.26. The van der Waals surface area contributed by atoms with Gasteiger partial charge in [0.25, 0.3) is 0 Å². The minimum atomic E-state index is -4.92. The second kappa shape index (κ2) is 7.58. The van der Waals surface area contributed by atoms with Crippen molar-refractivity contribution in [2.75, 3.05) is 0 Å². The topological polar surface area (TPSA) is 83.4 Å². The Morgan fingerprint density at radius 3 is 1.93 bits per heavy atom. The Balaban J connectivity index is 0. The van der Waals surface area contributed by atoms with E-state index in [9.17, 15) is 14.4 Å². The first kappa shape index (κ1) is 17.7. The first-order chi connectivity index (χ1) is 5.52. The fraction of sp³-hybridized carbons (Fsp3) is 0.143. The molecule has 0 aliphatic carbocycles. The Kier molecular flexibility index (Phi) is 9.59. The van der Waals surface area contributed by atoms with Crippen molar-refractivity contribution >= 4 is 7.60 Å². The molecular formula is C7H7Na2O4P. The van der Waals surface area contributed by atoms with Gasteiger partial charge in [-0.3, -0.25) is 0 Å². The van der Waals surface area contributed by atoms with E-state index in [4.69, 9.17) is 5.11 Å². The van der Waals surface area contributed by atoms with Gasteiger partial charge in [-0.1, -0.05) is 30.3 Å². The molecule has 1 aromatic rings. The van der Waals surface area contributed by atoms with Crippen LogP contribution >= 0.6 is 7.60 Å². The number of hydrogen-bond acceptors (Lipinski definition) is 4. The van der Waals surface area contributed by atoms with Crippen LogP contribution in [0.5, 0.6) is 0 Å². The second-order valence-corrected chi connectivity index (χ2v) is 3.89. The maximum Gasteiger partial charge on any atom is 1.00 e. The predicted molar refractivity (Wildman–Crippen MR) is 39.0 cm³/mol. The number of aliphatic hydroxyl groups excluding tert-OH is 1. The van der Waals surface area contributed by atoms with Crippen LogP contribution in [0.3, 0.4) is 0 Å². The zero-order valence-electron chi connectivity index (χ0n) is 8.08. The predicted octanol–water partition coefficient (Wildman–Crippen LogP) is -6.40. The Hall–Kier alpha value is 1.33. The molecule has 0 radical (unpaired) electrons. The van der Waals surface area contributed by atoms with E-state index in [1.165, 1.54) is 12.1 Å². The Morgan fingerprint density at radius 1 is 1.14 bits per heavy atom. The zero-order chi connectivity index (χ0) is 9.19. The van der Waals surface area contributed by atoms with Gasteiger partial charge in [-0.15, -0.1) is 0 Å². The van der Waals surface area contributed by atoms with Crippen LogP contribution in [-0.2, 0) is 4.57 Å². The van der Waals surface area contributed by atoms with E-state index in [0.29, 0.717) is 0 Å². The van der Waals surface area contributed by atoms with Crippen LogP contribution in [-0.4, -0.2) is 5.11 Å². The van der Waals surface area contributed by atoms with Crippen LogP contribution in [0.1, 0.15) is 11.4 Å². The Morgan fingerprint density at radius 2 is 1.57 bits per heavy atom. The summed E-state index contributed by atoms with van der Waals surface area (Å²) in [4.78, 5) is 20.7. The maximum atomic E-state index is 10.4. The van der Waals surface area contributed by atoms with Crippen molar-refractivity contribution in [2.24, 2.45) is 0 Å². The Labute approximate surface area is 126 Å². The van der Waals surface area contributed by atoms with Crippen LogP contribution in [0, 0.1) is 0 Å². The molecule has 0 fully saturated rings. The van der Waals surface area contributed by atoms with Crippen LogP contribution in [0.15, 0.2) is 30.3 Å². The van der Waals surface area contributed by atoms with Crippen molar-refractivity contribution in [1.29, 1.82) is 0 Å². The number of hydrogen-bond donors (Lipinski definition) is 1. The van der Waals surface area contributed by atoms with Crippen LogP contribution in [0.2, 0.25) is 0 Å². The van der Waals surface area contributed by atoms with E-state index in [1.54, 1.807) is 18.2 Å². The minimum absolute atomic E-state index is 0. The molecule has 0 saturated carbocycles. The van der Waals surface area contributed by atoms with E-state index < -0.39 is 13.4 Å². The summed E-state index contributed by atoms with van der Waals surface area (Å²) in [7, 11) is -4.92. The van der Waals surface area contributed by atoms with E-state index in [0.717, 1.165) is 0 Å². The van der Waals surface area contributed by atoms with E-state index in [2.05, 4.69) is 0 Å². The summed E-state index contributed by atoms with van der Waals surface area (Å²) in [5, 5.41) is 8.97. The molecule has 0 spiro atoms. The summed E-state index contributed by atoms with van der Waals surface area (Å²) in [6.07, 6.45) is 0. The third kappa shape index (κ3) is 5.42. The van der Waals surface area contributed by atoms with Gasteiger partial charge in [-0.25, -0.2) is 0 Å². The molecule has 0 aliphatic heterocycles. The molecule has 1 atom stereocenters. The van der Waals surface area contributed by atoms with Crippen molar-refractivity contribution in [2.45, 2.75) is 5.85 Å². The van der Waals surface area contributed by atoms with Crippen molar-refractivity contribution in [3.05, 3.63) is 35.9 Å². The summed E-state index contributed by atoms with van der Waals surface area (Å²) in [5.74, 6) is -1.93. The number of rotatable bonds is 2. The summed E-state index contributed by atoms with van der Waals surface area (Å²) in [6.45, 7) is 0. The quantitative estimate of drug-likeness (QED) is 0.406. The number of benzene rings is 1. The van der Waals surface area contributed by atoms with Crippen molar-refractivity contribution < 1.29 is 78.6 Å². The summed E-state index contributed by atoms with van der Waals surface area (Å²) >= 11 is 0. The fourth-order valence-corrected chi connectivity index (χ4v) is 1.35. The summed E-state index contributed by atoms with van der Waals surface area (Å²) < 4.78 is 10.4. The SMILES string of the molecule is O=P([O-])([O-])C(O)c1ccccc1.[Na+].[Na+]. The van der Waals surface area contributed by atoms with Crippen molar-refractivity contribution in [3.8, 4) is 0 Å². The van der Waals surface area contributed by atoms with Gasteiger partial charge in [0.2, 0.25) is 0 Å². The van der Waals surface area contributed by atoms with Crippen molar-refractivity contribution in [3.63, 3.8) is 0 Å². The second-order valence-electron chi connectivity index (χ2n) is 2.32. The van der Waals surface area contributed by atoms with Gasteiger partial charge < -0.3 is 19.5 Å². The van der Waals surface area contributed by atoms with Gasteiger partial charge in [-0.05, 0) is 13.2 Å². The van der Waals surface area contributed by atoms with E-state index in [1.807, 2.05) is 0 Å². The molecule has 0 bridgehead atoms. The molecule has 4 nitrogen and oxygen atoms in total. The molecule has 1 N–H and O–H groups in total.